The molecule has 128 valence electrons. The third-order valence-corrected chi connectivity index (χ3v) is 5.04. The summed E-state index contributed by atoms with van der Waals surface area (Å²) in [6.07, 6.45) is 2.18. The second kappa shape index (κ2) is 8.46. The minimum Gasteiger partial charge on any atom is -0.341 e. The summed E-state index contributed by atoms with van der Waals surface area (Å²) in [5.41, 5.74) is 7.17. The first-order valence-electron chi connectivity index (χ1n) is 8.91. The summed E-state index contributed by atoms with van der Waals surface area (Å²) in [5.74, 6) is 0.645. The highest BCUT2D eigenvalue weighted by Crippen LogP contribution is 2.26. The number of likely N-dealkylation sites (tertiary alicyclic amines) is 1. The Morgan fingerprint density at radius 3 is 2.52 bits per heavy atom. The van der Waals surface area contributed by atoms with Gasteiger partial charge in [0.15, 0.2) is 0 Å². The number of hydrogen-bond acceptors (Lipinski definition) is 3. The van der Waals surface area contributed by atoms with Gasteiger partial charge in [0.25, 0.3) is 0 Å². The molecule has 1 amide bonds. The Morgan fingerprint density at radius 2 is 1.96 bits per heavy atom. The molecule has 1 aliphatic rings. The van der Waals surface area contributed by atoms with Gasteiger partial charge in [-0.3, -0.25) is 9.69 Å². The molecule has 0 bridgehead atoms. The molecule has 2 rings (SSSR count). The molecule has 0 saturated carbocycles. The Bertz CT molecular complexity index is 485. The van der Waals surface area contributed by atoms with E-state index < -0.39 is 0 Å². The van der Waals surface area contributed by atoms with Gasteiger partial charge in [-0.1, -0.05) is 44.2 Å². The Balaban J connectivity index is 2.22. The van der Waals surface area contributed by atoms with Gasteiger partial charge in [0.2, 0.25) is 5.91 Å². The van der Waals surface area contributed by atoms with E-state index in [0.29, 0.717) is 5.92 Å². The molecule has 23 heavy (non-hydrogen) atoms. The van der Waals surface area contributed by atoms with Crippen LogP contribution in [0, 0.1) is 5.92 Å². The van der Waals surface area contributed by atoms with Crippen molar-refractivity contribution in [2.75, 3.05) is 26.2 Å². The van der Waals surface area contributed by atoms with Crippen LogP contribution < -0.4 is 5.73 Å². The maximum absolute atomic E-state index is 13.3. The standard InChI is InChI=1S/C19H31N3O/c1-4-21(5-2)18(16-10-7-6-8-11-16)19(23)22-13-9-12-17(14-22)15(3)20/h6-8,10-11,15,17-18H,4-5,9,12-14,20H2,1-3H3. The predicted molar refractivity (Wildman–Crippen MR) is 95.1 cm³/mol. The molecular weight excluding hydrogens is 286 g/mol. The minimum atomic E-state index is -0.182. The number of piperidine rings is 1. The van der Waals surface area contributed by atoms with Gasteiger partial charge in [0, 0.05) is 19.1 Å². The summed E-state index contributed by atoms with van der Waals surface area (Å²) in [6.45, 7) is 9.67. The molecule has 0 aliphatic carbocycles. The smallest absolute Gasteiger partial charge is 0.244 e. The first kappa shape index (κ1) is 18.0. The monoisotopic (exact) mass is 317 g/mol. The van der Waals surface area contributed by atoms with Crippen LogP contribution in [0.2, 0.25) is 0 Å². The Labute approximate surface area is 140 Å². The summed E-state index contributed by atoms with van der Waals surface area (Å²) < 4.78 is 0. The number of likely N-dealkylation sites (N-methyl/N-ethyl adjacent to an activating group) is 1. The average molecular weight is 317 g/mol. The first-order chi connectivity index (χ1) is 11.1. The van der Waals surface area contributed by atoms with Crippen molar-refractivity contribution in [3.8, 4) is 0 Å². The van der Waals surface area contributed by atoms with E-state index in [1.165, 1.54) is 0 Å². The van der Waals surface area contributed by atoms with Gasteiger partial charge in [0.1, 0.15) is 6.04 Å². The van der Waals surface area contributed by atoms with Crippen LogP contribution in [-0.4, -0.2) is 47.9 Å². The number of carbonyl (C=O) groups is 1. The molecule has 4 heteroatoms. The molecule has 1 aromatic rings. The van der Waals surface area contributed by atoms with Crippen LogP contribution in [0.15, 0.2) is 30.3 Å². The molecule has 0 spiro atoms. The quantitative estimate of drug-likeness (QED) is 0.877. The third-order valence-electron chi connectivity index (χ3n) is 5.04. The number of rotatable bonds is 6. The summed E-state index contributed by atoms with van der Waals surface area (Å²) in [6, 6.07) is 10.1. The second-order valence-electron chi connectivity index (χ2n) is 6.58. The number of nitrogens with zero attached hydrogens (tertiary/aromatic N) is 2. The van der Waals surface area contributed by atoms with Crippen LogP contribution in [-0.2, 0) is 4.79 Å². The van der Waals surface area contributed by atoms with E-state index in [1.807, 2.05) is 23.1 Å². The van der Waals surface area contributed by atoms with Gasteiger partial charge in [-0.15, -0.1) is 0 Å². The van der Waals surface area contributed by atoms with Crippen LogP contribution in [0.25, 0.3) is 0 Å². The molecule has 3 unspecified atom stereocenters. The summed E-state index contributed by atoms with van der Waals surface area (Å²) in [4.78, 5) is 17.5. The number of nitrogens with two attached hydrogens (primary N) is 1. The van der Waals surface area contributed by atoms with E-state index in [1.54, 1.807) is 0 Å². The van der Waals surface area contributed by atoms with Crippen LogP contribution >= 0.6 is 0 Å². The summed E-state index contributed by atoms with van der Waals surface area (Å²) in [5, 5.41) is 0. The van der Waals surface area contributed by atoms with Crippen LogP contribution in [0.5, 0.6) is 0 Å². The Hall–Kier alpha value is -1.39. The van der Waals surface area contributed by atoms with Crippen molar-refractivity contribution < 1.29 is 4.79 Å². The van der Waals surface area contributed by atoms with Crippen molar-refractivity contribution in [3.05, 3.63) is 35.9 Å². The first-order valence-corrected chi connectivity index (χ1v) is 8.91. The van der Waals surface area contributed by atoms with Crippen molar-refractivity contribution in [1.29, 1.82) is 0 Å². The van der Waals surface area contributed by atoms with Gasteiger partial charge in [-0.05, 0) is 44.3 Å². The maximum Gasteiger partial charge on any atom is 0.244 e. The average Bonchev–Trinajstić information content (AvgIpc) is 2.59. The van der Waals surface area contributed by atoms with Gasteiger partial charge >= 0.3 is 0 Å². The zero-order valence-electron chi connectivity index (χ0n) is 14.7. The molecule has 1 fully saturated rings. The normalized spacial score (nSPS) is 21.3. The molecule has 1 aromatic carbocycles. The summed E-state index contributed by atoms with van der Waals surface area (Å²) in [7, 11) is 0. The summed E-state index contributed by atoms with van der Waals surface area (Å²) >= 11 is 0. The molecule has 0 radical (unpaired) electrons. The molecule has 0 aromatic heterocycles. The van der Waals surface area contributed by atoms with Gasteiger partial charge in [-0.25, -0.2) is 0 Å². The number of benzene rings is 1. The molecule has 4 nitrogen and oxygen atoms in total. The van der Waals surface area contributed by atoms with E-state index >= 15 is 0 Å². The topological polar surface area (TPSA) is 49.6 Å². The zero-order chi connectivity index (χ0) is 16.8. The van der Waals surface area contributed by atoms with Crippen molar-refractivity contribution in [2.24, 2.45) is 11.7 Å². The van der Waals surface area contributed by atoms with Crippen LogP contribution in [0.3, 0.4) is 0 Å². The fourth-order valence-electron chi connectivity index (χ4n) is 3.55. The van der Waals surface area contributed by atoms with Crippen molar-refractivity contribution in [1.82, 2.24) is 9.80 Å². The maximum atomic E-state index is 13.3. The van der Waals surface area contributed by atoms with Crippen molar-refractivity contribution in [2.45, 2.75) is 45.7 Å². The Morgan fingerprint density at radius 1 is 1.30 bits per heavy atom. The van der Waals surface area contributed by atoms with Crippen LogP contribution in [0.1, 0.15) is 45.2 Å². The van der Waals surface area contributed by atoms with Crippen LogP contribution in [0.4, 0.5) is 0 Å². The number of carbonyl (C=O) groups excluding carboxylic acids is 1. The second-order valence-corrected chi connectivity index (χ2v) is 6.58. The molecule has 3 atom stereocenters. The molecule has 1 heterocycles. The molecular formula is C19H31N3O. The predicted octanol–water partition coefficient (Wildman–Crippen LogP) is 2.66. The lowest BCUT2D eigenvalue weighted by atomic mass is 9.91. The third kappa shape index (κ3) is 4.33. The van der Waals surface area contributed by atoms with Gasteiger partial charge < -0.3 is 10.6 Å². The SMILES string of the molecule is CCN(CC)C(C(=O)N1CCCC(C(C)N)C1)c1ccccc1. The van der Waals surface area contributed by atoms with Gasteiger partial charge in [-0.2, -0.15) is 0 Å². The Kier molecular flexibility index (Phi) is 6.60. The van der Waals surface area contributed by atoms with Gasteiger partial charge in [0.05, 0.1) is 0 Å². The lowest BCUT2D eigenvalue weighted by Gasteiger charge is -2.39. The number of amides is 1. The minimum absolute atomic E-state index is 0.147. The van der Waals surface area contributed by atoms with Crippen molar-refractivity contribution in [3.63, 3.8) is 0 Å². The lowest BCUT2D eigenvalue weighted by Crippen LogP contribution is -2.49. The fourth-order valence-corrected chi connectivity index (χ4v) is 3.55. The number of hydrogen-bond donors (Lipinski definition) is 1. The molecule has 1 aliphatic heterocycles. The highest BCUT2D eigenvalue weighted by atomic mass is 16.2. The highest BCUT2D eigenvalue weighted by molar-refractivity contribution is 5.83. The molecule has 1 saturated heterocycles. The largest absolute Gasteiger partial charge is 0.341 e. The zero-order valence-corrected chi connectivity index (χ0v) is 14.7. The van der Waals surface area contributed by atoms with E-state index in [9.17, 15) is 4.79 Å². The molecule has 2 N–H and O–H groups in total. The van der Waals surface area contributed by atoms with Crippen molar-refractivity contribution >= 4 is 5.91 Å². The van der Waals surface area contributed by atoms with E-state index in [4.69, 9.17) is 5.73 Å². The highest BCUT2D eigenvalue weighted by Gasteiger charge is 2.33. The fraction of sp³-hybridized carbons (Fsp3) is 0.632. The van der Waals surface area contributed by atoms with E-state index in [2.05, 4.69) is 37.8 Å². The van der Waals surface area contributed by atoms with E-state index in [0.717, 1.165) is 44.6 Å². The lowest BCUT2D eigenvalue weighted by molar-refractivity contribution is -0.139. The van der Waals surface area contributed by atoms with E-state index in [-0.39, 0.29) is 18.0 Å².